The molecule has 1 aromatic heterocycles. The van der Waals surface area contributed by atoms with Crippen molar-refractivity contribution in [1.82, 2.24) is 4.98 Å². The fraction of sp³-hybridized carbons (Fsp3) is 0.357. The summed E-state index contributed by atoms with van der Waals surface area (Å²) in [5, 5.41) is 2.18. The number of hydrogen-bond acceptors (Lipinski definition) is 2. The molecule has 2 aromatic rings. The van der Waals surface area contributed by atoms with Gasteiger partial charge in [-0.2, -0.15) is 0 Å². The summed E-state index contributed by atoms with van der Waals surface area (Å²) in [7, 11) is 0. The average molecular weight is 283 g/mol. The number of hydrogen-bond donors (Lipinski definition) is 1. The molecule has 0 aliphatic heterocycles. The van der Waals surface area contributed by atoms with Crippen molar-refractivity contribution in [3.05, 3.63) is 39.5 Å². The summed E-state index contributed by atoms with van der Waals surface area (Å²) in [6.07, 6.45) is 0.744. The zero-order valence-corrected chi connectivity index (χ0v) is 12.2. The van der Waals surface area contributed by atoms with E-state index in [1.54, 1.807) is 6.07 Å². The fourth-order valence-corrected chi connectivity index (χ4v) is 2.75. The first-order valence-electron chi connectivity index (χ1n) is 5.80. The van der Waals surface area contributed by atoms with Gasteiger partial charge in [-0.25, -0.2) is 0 Å². The molecule has 0 atom stereocenters. The molecule has 0 spiro atoms. The smallest absolute Gasteiger partial charge is 0.0737 e. The Morgan fingerprint density at radius 3 is 2.50 bits per heavy atom. The van der Waals surface area contributed by atoms with Gasteiger partial charge >= 0.3 is 0 Å². The van der Waals surface area contributed by atoms with Crippen LogP contribution < -0.4 is 5.73 Å². The summed E-state index contributed by atoms with van der Waals surface area (Å²) in [6.45, 7) is 5.96. The van der Waals surface area contributed by atoms with E-state index in [1.165, 1.54) is 0 Å². The van der Waals surface area contributed by atoms with Gasteiger partial charge < -0.3 is 5.73 Å². The van der Waals surface area contributed by atoms with Crippen LogP contribution in [0.4, 0.5) is 0 Å². The Morgan fingerprint density at radius 1 is 1.22 bits per heavy atom. The topological polar surface area (TPSA) is 38.9 Å². The molecule has 0 saturated carbocycles. The second-order valence-electron chi connectivity index (χ2n) is 5.37. The van der Waals surface area contributed by atoms with Crippen molar-refractivity contribution in [1.29, 1.82) is 0 Å². The summed E-state index contributed by atoms with van der Waals surface area (Å²) in [5.41, 5.74) is 8.70. The van der Waals surface area contributed by atoms with Gasteiger partial charge in [-0.05, 0) is 51.0 Å². The Morgan fingerprint density at radius 2 is 1.89 bits per heavy atom. The zero-order chi connectivity index (χ0) is 13.5. The van der Waals surface area contributed by atoms with Crippen LogP contribution in [-0.2, 0) is 6.42 Å². The summed E-state index contributed by atoms with van der Waals surface area (Å²) in [6, 6.07) is 5.62. The maximum absolute atomic E-state index is 6.28. The summed E-state index contributed by atoms with van der Waals surface area (Å²) >= 11 is 12.3. The minimum absolute atomic E-state index is 0.288. The van der Waals surface area contributed by atoms with Crippen LogP contribution in [0.3, 0.4) is 0 Å². The Bertz CT molecular complexity index is 595. The van der Waals surface area contributed by atoms with Gasteiger partial charge in [-0.1, -0.05) is 23.2 Å². The van der Waals surface area contributed by atoms with Gasteiger partial charge in [0.05, 0.1) is 10.5 Å². The van der Waals surface area contributed by atoms with Crippen molar-refractivity contribution in [2.75, 3.05) is 0 Å². The number of aryl methyl sites for hydroxylation is 1. The average Bonchev–Trinajstić information content (AvgIpc) is 2.11. The highest BCUT2D eigenvalue weighted by Gasteiger charge is 2.16. The maximum Gasteiger partial charge on any atom is 0.0737 e. The minimum Gasteiger partial charge on any atom is -0.325 e. The predicted molar refractivity (Wildman–Crippen MR) is 78.5 cm³/mol. The number of nitrogens with two attached hydrogens (primary N) is 1. The van der Waals surface area contributed by atoms with Crippen LogP contribution in [0.25, 0.3) is 10.9 Å². The first-order chi connectivity index (χ1) is 8.26. The van der Waals surface area contributed by atoms with Crippen LogP contribution in [0.1, 0.15) is 25.1 Å². The monoisotopic (exact) mass is 282 g/mol. The highest BCUT2D eigenvalue weighted by Crippen LogP contribution is 2.31. The number of pyridine rings is 1. The molecule has 0 unspecified atom stereocenters. The van der Waals surface area contributed by atoms with Gasteiger partial charge in [0, 0.05) is 21.6 Å². The quantitative estimate of drug-likeness (QED) is 0.900. The predicted octanol–water partition coefficient (Wildman–Crippen LogP) is 4.13. The lowest BCUT2D eigenvalue weighted by atomic mass is 9.93. The minimum atomic E-state index is -0.288. The van der Waals surface area contributed by atoms with Gasteiger partial charge in [0.2, 0.25) is 0 Å². The molecule has 0 aliphatic carbocycles. The standard InChI is InChI=1S/C14H16Cl2N2/c1-8-4-9(7-14(2,3)17)13-11(16)5-10(15)6-12(13)18-8/h4-6H,7,17H2,1-3H3. The van der Waals surface area contributed by atoms with Crippen molar-refractivity contribution < 1.29 is 0 Å². The maximum atomic E-state index is 6.28. The van der Waals surface area contributed by atoms with Crippen LogP contribution in [0.2, 0.25) is 10.0 Å². The Kier molecular flexibility index (Phi) is 3.54. The summed E-state index contributed by atoms with van der Waals surface area (Å²) in [5.74, 6) is 0. The molecule has 0 saturated heterocycles. The molecule has 18 heavy (non-hydrogen) atoms. The molecule has 1 aromatic carbocycles. The SMILES string of the molecule is Cc1cc(CC(C)(C)N)c2c(Cl)cc(Cl)cc2n1. The lowest BCUT2D eigenvalue weighted by molar-refractivity contribution is 0.518. The van der Waals surface area contributed by atoms with E-state index >= 15 is 0 Å². The van der Waals surface area contributed by atoms with E-state index in [9.17, 15) is 0 Å². The lowest BCUT2D eigenvalue weighted by Gasteiger charge is -2.20. The molecule has 2 nitrogen and oxygen atoms in total. The van der Waals surface area contributed by atoms with Crippen molar-refractivity contribution >= 4 is 34.1 Å². The third-order valence-electron chi connectivity index (χ3n) is 2.68. The number of aromatic nitrogens is 1. The van der Waals surface area contributed by atoms with E-state index in [1.807, 2.05) is 32.9 Å². The Balaban J connectivity index is 2.72. The third kappa shape index (κ3) is 2.94. The van der Waals surface area contributed by atoms with Gasteiger partial charge in [0.15, 0.2) is 0 Å². The number of rotatable bonds is 2. The van der Waals surface area contributed by atoms with Gasteiger partial charge in [-0.15, -0.1) is 0 Å². The molecule has 96 valence electrons. The zero-order valence-electron chi connectivity index (χ0n) is 10.7. The molecular weight excluding hydrogens is 267 g/mol. The van der Waals surface area contributed by atoms with Crippen molar-refractivity contribution in [3.63, 3.8) is 0 Å². The highest BCUT2D eigenvalue weighted by molar-refractivity contribution is 6.38. The highest BCUT2D eigenvalue weighted by atomic mass is 35.5. The second-order valence-corrected chi connectivity index (χ2v) is 6.21. The molecule has 0 aliphatic rings. The molecule has 0 bridgehead atoms. The van der Waals surface area contributed by atoms with Gasteiger partial charge in [0.1, 0.15) is 0 Å². The van der Waals surface area contributed by atoms with E-state index in [2.05, 4.69) is 4.98 Å². The molecule has 0 fully saturated rings. The van der Waals surface area contributed by atoms with E-state index in [0.717, 1.165) is 28.6 Å². The third-order valence-corrected chi connectivity index (χ3v) is 3.20. The van der Waals surface area contributed by atoms with Crippen LogP contribution in [-0.4, -0.2) is 10.5 Å². The molecule has 2 N–H and O–H groups in total. The van der Waals surface area contributed by atoms with Crippen LogP contribution in [0.15, 0.2) is 18.2 Å². The van der Waals surface area contributed by atoms with E-state index in [-0.39, 0.29) is 5.54 Å². The first-order valence-corrected chi connectivity index (χ1v) is 6.56. The Hall–Kier alpha value is -0.830. The van der Waals surface area contributed by atoms with Crippen molar-refractivity contribution in [2.24, 2.45) is 5.73 Å². The summed E-state index contributed by atoms with van der Waals surface area (Å²) in [4.78, 5) is 4.48. The number of fused-ring (bicyclic) bond motifs is 1. The molecule has 0 radical (unpaired) electrons. The second kappa shape index (κ2) is 4.69. The van der Waals surface area contributed by atoms with Crippen LogP contribution in [0.5, 0.6) is 0 Å². The van der Waals surface area contributed by atoms with E-state index in [4.69, 9.17) is 28.9 Å². The van der Waals surface area contributed by atoms with Crippen LogP contribution >= 0.6 is 23.2 Å². The van der Waals surface area contributed by atoms with E-state index < -0.39 is 0 Å². The van der Waals surface area contributed by atoms with Gasteiger partial charge in [-0.3, -0.25) is 4.98 Å². The van der Waals surface area contributed by atoms with Crippen LogP contribution in [0, 0.1) is 6.92 Å². The molecule has 1 heterocycles. The largest absolute Gasteiger partial charge is 0.325 e. The molecule has 4 heteroatoms. The number of benzene rings is 1. The summed E-state index contributed by atoms with van der Waals surface area (Å²) < 4.78 is 0. The Labute approximate surface area is 117 Å². The normalized spacial score (nSPS) is 12.1. The van der Waals surface area contributed by atoms with Gasteiger partial charge in [0.25, 0.3) is 0 Å². The lowest BCUT2D eigenvalue weighted by Crippen LogP contribution is -2.34. The molecular formula is C14H16Cl2N2. The number of nitrogens with zero attached hydrogens (tertiary/aromatic N) is 1. The first kappa shape index (κ1) is 13.6. The van der Waals surface area contributed by atoms with Crippen molar-refractivity contribution in [2.45, 2.75) is 32.7 Å². The number of halogens is 2. The fourth-order valence-electron chi connectivity index (χ4n) is 2.14. The molecule has 2 rings (SSSR count). The van der Waals surface area contributed by atoms with Crippen molar-refractivity contribution in [3.8, 4) is 0 Å². The van der Waals surface area contributed by atoms with E-state index in [0.29, 0.717) is 10.0 Å². The molecule has 0 amide bonds.